The topological polar surface area (TPSA) is 0 Å². The van der Waals surface area contributed by atoms with Crippen LogP contribution in [0.4, 0.5) is 13.2 Å². The molecular weight excluding hydrogens is 381 g/mol. The molecule has 0 saturated heterocycles. The predicted molar refractivity (Wildman–Crippen MR) is 129 cm³/mol. The molecule has 0 amide bonds. The summed E-state index contributed by atoms with van der Waals surface area (Å²) in [6.07, 6.45) is 12.8. The molecule has 0 aromatic heterocycles. The number of rotatable bonds is 12. The highest BCUT2D eigenvalue weighted by Gasteiger charge is 2.09. The Morgan fingerprint density at radius 2 is 1.23 bits per heavy atom. The first-order valence-electron chi connectivity index (χ1n) is 12.1. The number of hydrogen-bond acceptors (Lipinski definition) is 0. The summed E-state index contributed by atoms with van der Waals surface area (Å²) in [6.45, 7) is 14.5. The molecule has 1 aromatic rings. The third-order valence-electron chi connectivity index (χ3n) is 5.02. The van der Waals surface area contributed by atoms with Gasteiger partial charge in [-0.1, -0.05) is 106 Å². The minimum Gasteiger partial charge on any atom is -0.247 e. The van der Waals surface area contributed by atoms with Crippen molar-refractivity contribution in [2.75, 3.05) is 6.67 Å². The van der Waals surface area contributed by atoms with Crippen molar-refractivity contribution >= 4 is 6.08 Å². The molecule has 0 fully saturated rings. The van der Waals surface area contributed by atoms with Gasteiger partial charge in [-0.2, -0.15) is 0 Å². The number of alkyl halides is 1. The van der Waals surface area contributed by atoms with Gasteiger partial charge < -0.3 is 0 Å². The maximum Gasteiger partial charge on any atom is 0.133 e. The second kappa shape index (κ2) is 21.0. The predicted octanol–water partition coefficient (Wildman–Crippen LogP) is 9.96. The first kappa shape index (κ1) is 30.9. The highest BCUT2D eigenvalue weighted by molar-refractivity contribution is 5.51. The standard InChI is InChI=1S/C17H23F3.C8H18.C2H6/c1-3-6-13(2)7-4-8-14-11-16(19)15(9-5-10-18)17(20)12-14;1-4-6-8(3)7-5-2;1-2/h5,9,11-13H,3-4,6-8,10H2,1-2H3;8H,4-7H2,1-3H3;1-2H3. The largest absolute Gasteiger partial charge is 0.247 e. The van der Waals surface area contributed by atoms with E-state index in [1.165, 1.54) is 50.7 Å². The van der Waals surface area contributed by atoms with Gasteiger partial charge in [0.2, 0.25) is 0 Å². The fourth-order valence-corrected chi connectivity index (χ4v) is 3.52. The molecular formula is C27H47F3. The van der Waals surface area contributed by atoms with Crippen molar-refractivity contribution in [3.8, 4) is 0 Å². The molecule has 1 rings (SSSR count). The van der Waals surface area contributed by atoms with Crippen molar-refractivity contribution in [2.45, 2.75) is 106 Å². The lowest BCUT2D eigenvalue weighted by Crippen LogP contribution is -1.98. The van der Waals surface area contributed by atoms with Crippen LogP contribution in [0.2, 0.25) is 0 Å². The van der Waals surface area contributed by atoms with Gasteiger partial charge in [-0.25, -0.2) is 13.2 Å². The third kappa shape index (κ3) is 15.6. The van der Waals surface area contributed by atoms with Crippen molar-refractivity contribution in [3.05, 3.63) is 41.0 Å². The van der Waals surface area contributed by atoms with Crippen LogP contribution in [0.3, 0.4) is 0 Å². The highest BCUT2D eigenvalue weighted by atomic mass is 19.1. The van der Waals surface area contributed by atoms with E-state index >= 15 is 0 Å². The fraction of sp³-hybridized carbons (Fsp3) is 0.704. The zero-order valence-electron chi connectivity index (χ0n) is 20.7. The van der Waals surface area contributed by atoms with E-state index in [-0.39, 0.29) is 5.56 Å². The summed E-state index contributed by atoms with van der Waals surface area (Å²) < 4.78 is 39.4. The number of benzene rings is 1. The summed E-state index contributed by atoms with van der Waals surface area (Å²) >= 11 is 0. The Labute approximate surface area is 185 Å². The van der Waals surface area contributed by atoms with Gasteiger partial charge in [0.25, 0.3) is 0 Å². The molecule has 0 aliphatic carbocycles. The first-order chi connectivity index (χ1) is 14.4. The Bertz CT molecular complexity index is 508. The van der Waals surface area contributed by atoms with Crippen LogP contribution < -0.4 is 0 Å². The molecule has 1 aromatic carbocycles. The molecule has 0 bridgehead atoms. The Kier molecular flexibility index (Phi) is 21.7. The van der Waals surface area contributed by atoms with Gasteiger partial charge in [-0.3, -0.25) is 0 Å². The molecule has 0 heterocycles. The Morgan fingerprint density at radius 1 is 0.800 bits per heavy atom. The van der Waals surface area contributed by atoms with E-state index in [9.17, 15) is 13.2 Å². The second-order valence-electron chi connectivity index (χ2n) is 8.00. The molecule has 0 saturated carbocycles. The zero-order valence-corrected chi connectivity index (χ0v) is 20.7. The molecule has 0 aliphatic heterocycles. The quantitative estimate of drug-likeness (QED) is 0.311. The number of allylic oxidation sites excluding steroid dienone is 1. The van der Waals surface area contributed by atoms with Crippen LogP contribution in [0.5, 0.6) is 0 Å². The monoisotopic (exact) mass is 428 g/mol. The molecule has 0 N–H and O–H groups in total. The summed E-state index contributed by atoms with van der Waals surface area (Å²) in [5, 5.41) is 0. The van der Waals surface area contributed by atoms with Crippen LogP contribution in [0.25, 0.3) is 6.08 Å². The van der Waals surface area contributed by atoms with Gasteiger partial charge in [0, 0.05) is 5.56 Å². The van der Waals surface area contributed by atoms with E-state index in [2.05, 4.69) is 34.6 Å². The lowest BCUT2D eigenvalue weighted by atomic mass is 9.97. The van der Waals surface area contributed by atoms with Gasteiger partial charge in [0.05, 0.1) is 0 Å². The van der Waals surface area contributed by atoms with Crippen molar-refractivity contribution < 1.29 is 13.2 Å². The molecule has 0 radical (unpaired) electrons. The average Bonchev–Trinajstić information content (AvgIpc) is 2.70. The summed E-state index contributed by atoms with van der Waals surface area (Å²) in [6, 6.07) is 2.71. The molecule has 1 atom stereocenters. The minimum atomic E-state index is -0.726. The third-order valence-corrected chi connectivity index (χ3v) is 5.02. The number of hydrogen-bond donors (Lipinski definition) is 0. The fourth-order valence-electron chi connectivity index (χ4n) is 3.52. The van der Waals surface area contributed by atoms with Crippen molar-refractivity contribution in [1.29, 1.82) is 0 Å². The highest BCUT2D eigenvalue weighted by Crippen LogP contribution is 2.20. The first-order valence-corrected chi connectivity index (χ1v) is 12.1. The summed E-state index contributed by atoms with van der Waals surface area (Å²) in [5.74, 6) is 0.379. The summed E-state index contributed by atoms with van der Waals surface area (Å²) in [7, 11) is 0. The lowest BCUT2D eigenvalue weighted by molar-refractivity contribution is 0.469. The van der Waals surface area contributed by atoms with E-state index in [1.807, 2.05) is 13.8 Å². The van der Waals surface area contributed by atoms with Crippen LogP contribution in [-0.2, 0) is 6.42 Å². The molecule has 0 spiro atoms. The van der Waals surface area contributed by atoms with Crippen LogP contribution in [0, 0.1) is 23.5 Å². The smallest absolute Gasteiger partial charge is 0.133 e. The summed E-state index contributed by atoms with van der Waals surface area (Å²) in [5.41, 5.74) is 0.506. The van der Waals surface area contributed by atoms with Crippen LogP contribution in [-0.4, -0.2) is 6.67 Å². The van der Waals surface area contributed by atoms with Gasteiger partial charge in [-0.15, -0.1) is 0 Å². The molecule has 30 heavy (non-hydrogen) atoms. The molecule has 0 aliphatic rings. The minimum absolute atomic E-state index is 0.161. The maximum atomic E-state index is 13.7. The normalized spacial score (nSPS) is 11.7. The SMILES string of the molecule is CC.CCCC(C)CCC.CCCC(C)CCCc1cc(F)c(C=CCF)c(F)c1. The Hall–Kier alpha value is -1.25. The van der Waals surface area contributed by atoms with Gasteiger partial charge in [0.1, 0.15) is 18.3 Å². The number of aryl methyl sites for hydroxylation is 1. The van der Waals surface area contributed by atoms with E-state index in [1.54, 1.807) is 0 Å². The van der Waals surface area contributed by atoms with Crippen LogP contribution in [0.1, 0.15) is 111 Å². The Morgan fingerprint density at radius 3 is 1.63 bits per heavy atom. The van der Waals surface area contributed by atoms with Crippen molar-refractivity contribution in [3.63, 3.8) is 0 Å². The van der Waals surface area contributed by atoms with Gasteiger partial charge in [-0.05, 0) is 42.4 Å². The van der Waals surface area contributed by atoms with E-state index in [0.29, 0.717) is 17.9 Å². The molecule has 0 nitrogen and oxygen atoms in total. The van der Waals surface area contributed by atoms with Crippen LogP contribution in [0.15, 0.2) is 18.2 Å². The van der Waals surface area contributed by atoms with Crippen LogP contribution >= 0.6 is 0 Å². The van der Waals surface area contributed by atoms with Gasteiger partial charge in [0.15, 0.2) is 0 Å². The number of halogens is 3. The van der Waals surface area contributed by atoms with E-state index < -0.39 is 18.3 Å². The Balaban J connectivity index is 0. The van der Waals surface area contributed by atoms with Crippen molar-refractivity contribution in [1.82, 2.24) is 0 Å². The average molecular weight is 429 g/mol. The van der Waals surface area contributed by atoms with E-state index in [0.717, 1.165) is 30.9 Å². The molecule has 3 heteroatoms. The van der Waals surface area contributed by atoms with E-state index in [4.69, 9.17) is 0 Å². The lowest BCUT2D eigenvalue weighted by Gasteiger charge is -2.10. The zero-order chi connectivity index (χ0) is 23.4. The van der Waals surface area contributed by atoms with Gasteiger partial charge >= 0.3 is 0 Å². The molecule has 176 valence electrons. The van der Waals surface area contributed by atoms with Crippen molar-refractivity contribution in [2.24, 2.45) is 11.8 Å². The second-order valence-corrected chi connectivity index (χ2v) is 8.00. The maximum absolute atomic E-state index is 13.7. The molecule has 1 unspecified atom stereocenters. The summed E-state index contributed by atoms with van der Waals surface area (Å²) in [4.78, 5) is 0.